The molecule has 0 saturated carbocycles. The Kier molecular flexibility index (Phi) is 7.87. The fourth-order valence-corrected chi connectivity index (χ4v) is 4.98. The molecule has 0 unspecified atom stereocenters. The molecule has 2 aromatic carbocycles. The number of rotatable bonds is 9. The number of carbonyl (C=O) groups is 1. The minimum Gasteiger partial charge on any atom is -0.491 e. The van der Waals surface area contributed by atoms with Gasteiger partial charge >= 0.3 is 0 Å². The number of amides is 1. The Hall–Kier alpha value is -2.38. The van der Waals surface area contributed by atoms with Gasteiger partial charge in [-0.3, -0.25) is 4.79 Å². The molecule has 1 fully saturated rings. The van der Waals surface area contributed by atoms with Crippen molar-refractivity contribution in [2.75, 3.05) is 25.0 Å². The highest BCUT2D eigenvalue weighted by Crippen LogP contribution is 2.24. The van der Waals surface area contributed by atoms with Crippen molar-refractivity contribution in [3.05, 3.63) is 54.1 Å². The second kappa shape index (κ2) is 10.6. The van der Waals surface area contributed by atoms with Crippen molar-refractivity contribution in [3.8, 4) is 5.75 Å². The van der Waals surface area contributed by atoms with Crippen molar-refractivity contribution in [1.29, 1.82) is 0 Å². The Labute approximate surface area is 179 Å². The lowest BCUT2D eigenvalue weighted by molar-refractivity contribution is -0.116. The number of sulfonamides is 1. The van der Waals surface area contributed by atoms with Crippen LogP contribution in [-0.4, -0.2) is 38.3 Å². The van der Waals surface area contributed by atoms with Crippen molar-refractivity contribution < 1.29 is 17.9 Å². The fraction of sp³-hybridized carbons (Fsp3) is 0.435. The first kappa shape index (κ1) is 22.3. The number of nitrogens with one attached hydrogen (secondary N) is 1. The predicted octanol–water partition coefficient (Wildman–Crippen LogP) is 4.22. The molecule has 0 spiro atoms. The first-order valence-corrected chi connectivity index (χ1v) is 12.1. The summed E-state index contributed by atoms with van der Waals surface area (Å²) in [5, 5.41) is 2.90. The summed E-state index contributed by atoms with van der Waals surface area (Å²) in [6.07, 6.45) is 4.65. The van der Waals surface area contributed by atoms with Gasteiger partial charge in [-0.2, -0.15) is 4.31 Å². The largest absolute Gasteiger partial charge is 0.491 e. The number of hydrogen-bond donors (Lipinski definition) is 1. The Balaban J connectivity index is 1.56. The minimum absolute atomic E-state index is 0.104. The van der Waals surface area contributed by atoms with E-state index in [1.807, 2.05) is 31.2 Å². The van der Waals surface area contributed by atoms with Gasteiger partial charge in [-0.05, 0) is 55.5 Å². The Bertz CT molecular complexity index is 936. The van der Waals surface area contributed by atoms with E-state index in [-0.39, 0.29) is 5.91 Å². The van der Waals surface area contributed by atoms with E-state index in [1.165, 1.54) is 0 Å². The summed E-state index contributed by atoms with van der Waals surface area (Å²) < 4.78 is 32.7. The molecule has 0 radical (unpaired) electrons. The number of benzene rings is 2. The van der Waals surface area contributed by atoms with Crippen molar-refractivity contribution in [2.24, 2.45) is 0 Å². The predicted molar refractivity (Wildman–Crippen MR) is 118 cm³/mol. The first-order chi connectivity index (χ1) is 14.5. The molecule has 1 heterocycles. The lowest BCUT2D eigenvalue weighted by Crippen LogP contribution is -2.35. The first-order valence-electron chi connectivity index (χ1n) is 10.6. The summed E-state index contributed by atoms with van der Waals surface area (Å²) in [6.45, 7) is 3.81. The molecule has 7 heteroatoms. The van der Waals surface area contributed by atoms with Crippen LogP contribution in [-0.2, 0) is 21.2 Å². The van der Waals surface area contributed by atoms with Crippen LogP contribution in [0.25, 0.3) is 0 Å². The topological polar surface area (TPSA) is 75.7 Å². The van der Waals surface area contributed by atoms with Crippen molar-refractivity contribution in [3.63, 3.8) is 0 Å². The van der Waals surface area contributed by atoms with Crippen LogP contribution in [0.1, 0.15) is 44.6 Å². The van der Waals surface area contributed by atoms with E-state index in [0.29, 0.717) is 48.9 Å². The summed E-state index contributed by atoms with van der Waals surface area (Å²) >= 11 is 0. The molecule has 30 heavy (non-hydrogen) atoms. The van der Waals surface area contributed by atoms with Gasteiger partial charge in [0.1, 0.15) is 5.75 Å². The van der Waals surface area contributed by atoms with E-state index in [1.54, 1.807) is 28.6 Å². The number of piperidine rings is 1. The maximum Gasteiger partial charge on any atom is 0.243 e. The van der Waals surface area contributed by atoms with E-state index in [0.717, 1.165) is 31.2 Å². The maximum absolute atomic E-state index is 12.7. The maximum atomic E-state index is 12.7. The van der Waals surface area contributed by atoms with Crippen molar-refractivity contribution in [2.45, 2.75) is 50.3 Å². The van der Waals surface area contributed by atoms with Gasteiger partial charge in [-0.25, -0.2) is 8.42 Å². The van der Waals surface area contributed by atoms with Crippen LogP contribution in [0.15, 0.2) is 53.4 Å². The number of nitrogens with zero attached hydrogens (tertiary/aromatic N) is 1. The van der Waals surface area contributed by atoms with E-state index in [9.17, 15) is 13.2 Å². The highest BCUT2D eigenvalue weighted by atomic mass is 32.2. The van der Waals surface area contributed by atoms with Crippen LogP contribution < -0.4 is 10.1 Å². The smallest absolute Gasteiger partial charge is 0.243 e. The zero-order valence-electron chi connectivity index (χ0n) is 17.5. The zero-order chi connectivity index (χ0) is 21.4. The SMILES string of the molecule is CCCOc1ccccc1NC(=O)CCc1ccc(S(=O)(=O)N2CCCCC2)cc1. The van der Waals surface area contributed by atoms with Gasteiger partial charge in [0, 0.05) is 19.5 Å². The molecule has 3 rings (SSSR count). The number of para-hydroxylation sites is 2. The summed E-state index contributed by atoms with van der Waals surface area (Å²) in [6, 6.07) is 14.3. The lowest BCUT2D eigenvalue weighted by atomic mass is 10.1. The van der Waals surface area contributed by atoms with Gasteiger partial charge in [0.25, 0.3) is 0 Å². The summed E-state index contributed by atoms with van der Waals surface area (Å²) in [5.41, 5.74) is 1.59. The fourth-order valence-electron chi connectivity index (χ4n) is 3.46. The molecule has 162 valence electrons. The van der Waals surface area contributed by atoms with Crippen LogP contribution in [0.2, 0.25) is 0 Å². The van der Waals surface area contributed by atoms with E-state index < -0.39 is 10.0 Å². The number of anilines is 1. The average molecular weight is 431 g/mol. The quantitative estimate of drug-likeness (QED) is 0.646. The third-order valence-corrected chi connectivity index (χ3v) is 7.05. The molecule has 0 bridgehead atoms. The lowest BCUT2D eigenvalue weighted by Gasteiger charge is -2.25. The molecule has 1 N–H and O–H groups in total. The van der Waals surface area contributed by atoms with Gasteiger partial charge in [0.15, 0.2) is 0 Å². The molecule has 1 amide bonds. The molecular formula is C23H30N2O4S. The molecule has 1 saturated heterocycles. The standard InChI is InChI=1S/C23H30N2O4S/c1-2-18-29-22-9-5-4-8-21(22)24-23(26)15-12-19-10-13-20(14-11-19)30(27,28)25-16-6-3-7-17-25/h4-5,8-11,13-14H,2-3,6-7,12,15-18H2,1H3,(H,24,26). The number of aryl methyl sites for hydroxylation is 1. The molecule has 1 aliphatic heterocycles. The molecule has 1 aliphatic rings. The third-order valence-electron chi connectivity index (χ3n) is 5.14. The van der Waals surface area contributed by atoms with Gasteiger partial charge in [-0.1, -0.05) is 37.6 Å². The van der Waals surface area contributed by atoms with Gasteiger partial charge < -0.3 is 10.1 Å². The normalized spacial score (nSPS) is 15.0. The van der Waals surface area contributed by atoms with Crippen LogP contribution >= 0.6 is 0 Å². The molecule has 0 aromatic heterocycles. The van der Waals surface area contributed by atoms with E-state index >= 15 is 0 Å². The minimum atomic E-state index is -3.42. The van der Waals surface area contributed by atoms with E-state index in [4.69, 9.17) is 4.74 Å². The van der Waals surface area contributed by atoms with Crippen LogP contribution in [0.3, 0.4) is 0 Å². The number of carbonyl (C=O) groups excluding carboxylic acids is 1. The summed E-state index contributed by atoms with van der Waals surface area (Å²) in [5.74, 6) is 0.563. The van der Waals surface area contributed by atoms with Gasteiger partial charge in [0.2, 0.25) is 15.9 Å². The molecular weight excluding hydrogens is 400 g/mol. The molecule has 6 nitrogen and oxygen atoms in total. The zero-order valence-corrected chi connectivity index (χ0v) is 18.3. The highest BCUT2D eigenvalue weighted by molar-refractivity contribution is 7.89. The molecule has 0 aliphatic carbocycles. The average Bonchev–Trinajstić information content (AvgIpc) is 2.78. The van der Waals surface area contributed by atoms with Crippen molar-refractivity contribution >= 4 is 21.6 Å². The third kappa shape index (κ3) is 5.83. The summed E-state index contributed by atoms with van der Waals surface area (Å²) in [4.78, 5) is 12.7. The monoisotopic (exact) mass is 430 g/mol. The second-order valence-corrected chi connectivity index (χ2v) is 9.44. The van der Waals surface area contributed by atoms with Crippen LogP contribution in [0.4, 0.5) is 5.69 Å². The Morgan fingerprint density at radius 1 is 1.03 bits per heavy atom. The Morgan fingerprint density at radius 2 is 1.73 bits per heavy atom. The number of ether oxygens (including phenoxy) is 1. The highest BCUT2D eigenvalue weighted by Gasteiger charge is 2.25. The summed E-state index contributed by atoms with van der Waals surface area (Å²) in [7, 11) is -3.42. The number of hydrogen-bond acceptors (Lipinski definition) is 4. The molecule has 0 atom stereocenters. The van der Waals surface area contributed by atoms with Gasteiger partial charge in [0.05, 0.1) is 17.2 Å². The Morgan fingerprint density at radius 3 is 2.43 bits per heavy atom. The van der Waals surface area contributed by atoms with Gasteiger partial charge in [-0.15, -0.1) is 0 Å². The van der Waals surface area contributed by atoms with Crippen LogP contribution in [0, 0.1) is 0 Å². The van der Waals surface area contributed by atoms with E-state index in [2.05, 4.69) is 5.32 Å². The molecule has 2 aromatic rings. The second-order valence-electron chi connectivity index (χ2n) is 7.50. The van der Waals surface area contributed by atoms with Crippen molar-refractivity contribution in [1.82, 2.24) is 4.31 Å². The van der Waals surface area contributed by atoms with Crippen LogP contribution in [0.5, 0.6) is 5.75 Å².